The van der Waals surface area contributed by atoms with E-state index < -0.39 is 18.8 Å². The van der Waals surface area contributed by atoms with E-state index in [9.17, 15) is 18.3 Å². The summed E-state index contributed by atoms with van der Waals surface area (Å²) < 4.78 is 56.7. The van der Waals surface area contributed by atoms with Gasteiger partial charge in [0.15, 0.2) is 0 Å². The van der Waals surface area contributed by atoms with E-state index in [0.29, 0.717) is 29.2 Å². The van der Waals surface area contributed by atoms with Gasteiger partial charge in [0.25, 0.3) is 0 Å². The zero-order valence-electron chi connectivity index (χ0n) is 25.9. The van der Waals surface area contributed by atoms with Gasteiger partial charge in [-0.25, -0.2) is 0 Å². The van der Waals surface area contributed by atoms with Gasteiger partial charge in [0.05, 0.1) is 43.3 Å². The molecule has 2 aliphatic heterocycles. The molecule has 0 bridgehead atoms. The fraction of sp³-hybridized carbons (Fsp3) is 0.515. The first-order chi connectivity index (χ1) is 22.2. The molecule has 250 valence electrons. The first-order valence-electron chi connectivity index (χ1n) is 15.6. The van der Waals surface area contributed by atoms with Crippen molar-refractivity contribution in [3.05, 3.63) is 48.2 Å². The summed E-state index contributed by atoms with van der Waals surface area (Å²) in [5, 5.41) is 26.3. The molecule has 2 fully saturated rings. The number of nitrogens with zero attached hydrogens (tertiary/aromatic N) is 2. The molecule has 0 saturated carbocycles. The Balaban J connectivity index is 1.26. The van der Waals surface area contributed by atoms with Crippen molar-refractivity contribution >= 4 is 34.2 Å². The zero-order valence-corrected chi connectivity index (χ0v) is 26.7. The minimum absolute atomic E-state index is 0.134. The van der Waals surface area contributed by atoms with Crippen molar-refractivity contribution in [1.29, 1.82) is 0 Å². The van der Waals surface area contributed by atoms with Crippen LogP contribution in [0.2, 0.25) is 0 Å². The van der Waals surface area contributed by atoms with Crippen LogP contribution in [0.5, 0.6) is 5.75 Å². The summed E-state index contributed by atoms with van der Waals surface area (Å²) in [6.45, 7) is 2.25. The maximum absolute atomic E-state index is 13.7. The Kier molecular flexibility index (Phi) is 12.0. The standard InChI is InChI=1S/C33H42F3N5O4S/c1-44-32-19-27(46-39-24-11-16-45-17-12-24)7-8-30(32)37-13-3-4-25-18-28-29(5-2-6-31(28)41(25)22-33(34,35)36)38-23-9-14-40(15-10-23)20-26(43)21-42/h2,5-8,18-19,23-24,26,37-39,42-43H,9-17,20-22H2,1H3. The molecule has 9 nitrogen and oxygen atoms in total. The van der Waals surface area contributed by atoms with Gasteiger partial charge in [-0.15, -0.1) is 0 Å². The quantitative estimate of drug-likeness (QED) is 0.140. The van der Waals surface area contributed by atoms with Gasteiger partial charge in [-0.1, -0.05) is 12.0 Å². The summed E-state index contributed by atoms with van der Waals surface area (Å²) in [5.74, 6) is 6.62. The van der Waals surface area contributed by atoms with Crippen LogP contribution in [0.3, 0.4) is 0 Å². The monoisotopic (exact) mass is 661 g/mol. The highest BCUT2D eigenvalue weighted by Crippen LogP contribution is 2.32. The van der Waals surface area contributed by atoms with Crippen LogP contribution in [0, 0.1) is 11.8 Å². The number of hydrogen-bond acceptors (Lipinski definition) is 9. The summed E-state index contributed by atoms with van der Waals surface area (Å²) in [6, 6.07) is 13.4. The molecule has 5 N–H and O–H groups in total. The van der Waals surface area contributed by atoms with Crippen molar-refractivity contribution in [2.45, 2.75) is 61.5 Å². The molecule has 3 aromatic rings. The summed E-state index contributed by atoms with van der Waals surface area (Å²) in [7, 11) is 1.60. The molecule has 3 heterocycles. The predicted molar refractivity (Wildman–Crippen MR) is 175 cm³/mol. The Labute approximate surface area is 271 Å². The number of ether oxygens (including phenoxy) is 2. The molecule has 0 radical (unpaired) electrons. The zero-order chi connectivity index (χ0) is 32.5. The summed E-state index contributed by atoms with van der Waals surface area (Å²) >= 11 is 1.55. The molecule has 2 aliphatic rings. The molecular weight excluding hydrogens is 619 g/mol. The van der Waals surface area contributed by atoms with Crippen LogP contribution in [0.4, 0.5) is 24.5 Å². The third-order valence-corrected chi connectivity index (χ3v) is 9.17. The van der Waals surface area contributed by atoms with Crippen molar-refractivity contribution in [3.63, 3.8) is 0 Å². The number of β-amino-alcohol motifs (C(OH)–C–C–N with tert-alkyl or cyclic N) is 1. The van der Waals surface area contributed by atoms with Gasteiger partial charge in [-0.2, -0.15) is 13.2 Å². The highest BCUT2D eigenvalue weighted by atomic mass is 32.2. The lowest BCUT2D eigenvalue weighted by Crippen LogP contribution is -2.43. The van der Waals surface area contributed by atoms with E-state index in [2.05, 4.69) is 32.1 Å². The third kappa shape index (κ3) is 9.47. The number of benzene rings is 2. The average molecular weight is 662 g/mol. The lowest BCUT2D eigenvalue weighted by Gasteiger charge is -2.33. The molecular formula is C33H42F3N5O4S. The van der Waals surface area contributed by atoms with Crippen molar-refractivity contribution in [2.75, 3.05) is 63.7 Å². The van der Waals surface area contributed by atoms with Gasteiger partial charge < -0.3 is 39.8 Å². The number of likely N-dealkylation sites (tertiary alicyclic amines) is 1. The maximum Gasteiger partial charge on any atom is 0.406 e. The smallest absolute Gasteiger partial charge is 0.406 e. The number of piperidine rings is 1. The van der Waals surface area contributed by atoms with E-state index >= 15 is 0 Å². The molecule has 13 heteroatoms. The van der Waals surface area contributed by atoms with E-state index in [1.807, 2.05) is 24.3 Å². The maximum atomic E-state index is 13.7. The van der Waals surface area contributed by atoms with Crippen LogP contribution in [0.1, 0.15) is 31.4 Å². The molecule has 2 saturated heterocycles. The van der Waals surface area contributed by atoms with Gasteiger partial charge in [0.1, 0.15) is 12.3 Å². The Hall–Kier alpha value is -3.12. The van der Waals surface area contributed by atoms with Gasteiger partial charge in [0, 0.05) is 60.9 Å². The van der Waals surface area contributed by atoms with Gasteiger partial charge in [-0.05, 0) is 79.9 Å². The average Bonchev–Trinajstić information content (AvgIpc) is 3.40. The van der Waals surface area contributed by atoms with Crippen LogP contribution < -0.4 is 20.1 Å². The largest absolute Gasteiger partial charge is 0.495 e. The summed E-state index contributed by atoms with van der Waals surface area (Å²) in [4.78, 5) is 3.11. The first-order valence-corrected chi connectivity index (χ1v) is 16.4. The van der Waals surface area contributed by atoms with E-state index in [-0.39, 0.29) is 24.9 Å². The second-order valence-electron chi connectivity index (χ2n) is 11.6. The topological polar surface area (TPSA) is 103 Å². The van der Waals surface area contributed by atoms with Gasteiger partial charge in [-0.3, -0.25) is 4.72 Å². The lowest BCUT2D eigenvalue weighted by molar-refractivity contribution is -0.140. The summed E-state index contributed by atoms with van der Waals surface area (Å²) in [5.41, 5.74) is 2.26. The Bertz CT molecular complexity index is 1490. The first kappa shape index (κ1) is 34.2. The number of methoxy groups -OCH3 is 1. The summed E-state index contributed by atoms with van der Waals surface area (Å²) in [6.07, 6.45) is -1.61. The number of rotatable bonds is 12. The molecule has 0 aliphatic carbocycles. The van der Waals surface area contributed by atoms with Crippen molar-refractivity contribution in [2.24, 2.45) is 0 Å². The SMILES string of the molecule is COc1cc(SNC2CCOCC2)ccc1NCC#Cc1cc2c(NC3CCN(CC(O)CO)CC3)cccc2n1CC(F)(F)F. The number of alkyl halides is 3. The van der Waals surface area contributed by atoms with Crippen LogP contribution in [-0.4, -0.2) is 97.2 Å². The molecule has 1 unspecified atom stereocenters. The Morgan fingerprint density at radius 1 is 1.07 bits per heavy atom. The van der Waals surface area contributed by atoms with Gasteiger partial charge >= 0.3 is 6.18 Å². The van der Waals surface area contributed by atoms with Crippen LogP contribution in [-0.2, 0) is 11.3 Å². The normalized spacial score (nSPS) is 17.4. The van der Waals surface area contributed by atoms with Crippen molar-refractivity contribution < 1.29 is 32.9 Å². The molecule has 1 atom stereocenters. The highest BCUT2D eigenvalue weighted by Gasteiger charge is 2.30. The second kappa shape index (κ2) is 16.1. The predicted octanol–water partition coefficient (Wildman–Crippen LogP) is 4.68. The van der Waals surface area contributed by atoms with Crippen LogP contribution in [0.15, 0.2) is 47.4 Å². The second-order valence-corrected chi connectivity index (χ2v) is 12.6. The number of halogens is 3. The van der Waals surface area contributed by atoms with E-state index in [0.717, 1.165) is 68.3 Å². The van der Waals surface area contributed by atoms with Gasteiger partial charge in [0.2, 0.25) is 0 Å². The third-order valence-electron chi connectivity index (χ3n) is 8.23. The fourth-order valence-electron chi connectivity index (χ4n) is 5.82. The molecule has 5 rings (SSSR count). The lowest BCUT2D eigenvalue weighted by atomic mass is 10.0. The van der Waals surface area contributed by atoms with Crippen molar-refractivity contribution in [1.82, 2.24) is 14.2 Å². The molecule has 2 aromatic carbocycles. The van der Waals surface area contributed by atoms with Crippen LogP contribution >= 0.6 is 11.9 Å². The minimum atomic E-state index is -4.41. The number of aromatic nitrogens is 1. The Morgan fingerprint density at radius 2 is 1.85 bits per heavy atom. The van der Waals surface area contributed by atoms with E-state index in [1.165, 1.54) is 4.57 Å². The number of aliphatic hydroxyl groups excluding tert-OH is 2. The molecule has 0 spiro atoms. The number of anilines is 2. The van der Waals surface area contributed by atoms with E-state index in [4.69, 9.17) is 14.6 Å². The number of nitrogens with one attached hydrogen (secondary N) is 3. The van der Waals surface area contributed by atoms with E-state index in [1.54, 1.807) is 37.3 Å². The number of aliphatic hydroxyl groups is 2. The Morgan fingerprint density at radius 3 is 2.57 bits per heavy atom. The molecule has 46 heavy (non-hydrogen) atoms. The highest BCUT2D eigenvalue weighted by molar-refractivity contribution is 7.97. The fourth-order valence-corrected chi connectivity index (χ4v) is 6.66. The number of fused-ring (bicyclic) bond motifs is 1. The molecule has 0 amide bonds. The van der Waals surface area contributed by atoms with Crippen molar-refractivity contribution in [3.8, 4) is 17.6 Å². The minimum Gasteiger partial charge on any atom is -0.495 e. The molecule has 1 aromatic heterocycles. The number of hydrogen-bond donors (Lipinski definition) is 5. The van der Waals surface area contributed by atoms with Crippen LogP contribution in [0.25, 0.3) is 10.9 Å².